The predicted octanol–water partition coefficient (Wildman–Crippen LogP) is 5.41. The van der Waals surface area contributed by atoms with Crippen molar-refractivity contribution in [3.63, 3.8) is 0 Å². The van der Waals surface area contributed by atoms with Crippen LogP contribution in [0.4, 0.5) is 11.5 Å². The van der Waals surface area contributed by atoms with E-state index in [1.54, 1.807) is 24.8 Å². The first kappa shape index (κ1) is 18.7. The van der Waals surface area contributed by atoms with Crippen molar-refractivity contribution in [3.8, 4) is 17.1 Å². The highest BCUT2D eigenvalue weighted by atomic mass is 16.5. The molecule has 0 fully saturated rings. The first-order chi connectivity index (χ1) is 15.3. The van der Waals surface area contributed by atoms with Gasteiger partial charge in [-0.05, 0) is 54.1 Å². The van der Waals surface area contributed by atoms with Crippen LogP contribution in [0.15, 0.2) is 97.6 Å². The van der Waals surface area contributed by atoms with Gasteiger partial charge in [0.1, 0.15) is 24.5 Å². The number of hydrogen-bond donors (Lipinski definition) is 1. The third kappa shape index (κ3) is 4.33. The maximum atomic E-state index is 5.86. The van der Waals surface area contributed by atoms with E-state index in [2.05, 4.69) is 25.3 Å². The van der Waals surface area contributed by atoms with Crippen molar-refractivity contribution in [1.82, 2.24) is 19.9 Å². The minimum Gasteiger partial charge on any atom is -0.489 e. The first-order valence-electron chi connectivity index (χ1n) is 9.91. The maximum absolute atomic E-state index is 5.86. The molecule has 6 heteroatoms. The molecule has 5 aromatic rings. The zero-order chi connectivity index (χ0) is 20.9. The lowest BCUT2D eigenvalue weighted by atomic mass is 10.1. The van der Waals surface area contributed by atoms with Gasteiger partial charge in [0, 0.05) is 29.0 Å². The first-order valence-corrected chi connectivity index (χ1v) is 9.91. The number of nitrogens with one attached hydrogen (secondary N) is 1. The van der Waals surface area contributed by atoms with Crippen molar-refractivity contribution < 1.29 is 4.74 Å². The number of nitrogens with zero attached hydrogens (tertiary/aromatic N) is 4. The zero-order valence-corrected chi connectivity index (χ0v) is 16.6. The van der Waals surface area contributed by atoms with Crippen LogP contribution in [0.3, 0.4) is 0 Å². The summed E-state index contributed by atoms with van der Waals surface area (Å²) in [5, 5.41) is 4.28. The van der Waals surface area contributed by atoms with Crippen molar-refractivity contribution in [2.75, 3.05) is 5.32 Å². The zero-order valence-electron chi connectivity index (χ0n) is 16.6. The highest BCUT2D eigenvalue weighted by Crippen LogP contribution is 2.27. The summed E-state index contributed by atoms with van der Waals surface area (Å²) in [5.41, 5.74) is 3.80. The molecule has 0 radical (unpaired) electrons. The van der Waals surface area contributed by atoms with Gasteiger partial charge in [-0.1, -0.05) is 30.3 Å². The van der Waals surface area contributed by atoms with Crippen LogP contribution >= 0.6 is 0 Å². The normalized spacial score (nSPS) is 10.7. The number of benzene rings is 3. The van der Waals surface area contributed by atoms with Crippen molar-refractivity contribution >= 4 is 22.4 Å². The molecule has 2 aromatic heterocycles. The van der Waals surface area contributed by atoms with E-state index in [1.807, 2.05) is 72.8 Å². The SMILES string of the molecule is c1ccc(COc2ccc(Nc3ncnc4ccc(-c5ncccn5)cc34)cc2)cc1. The molecule has 0 aliphatic rings. The van der Waals surface area contributed by atoms with Gasteiger partial charge in [0.05, 0.1) is 5.52 Å². The second-order valence-corrected chi connectivity index (χ2v) is 6.95. The van der Waals surface area contributed by atoms with E-state index in [4.69, 9.17) is 4.74 Å². The summed E-state index contributed by atoms with van der Waals surface area (Å²) in [5.74, 6) is 2.20. The second-order valence-electron chi connectivity index (χ2n) is 6.95. The Morgan fingerprint density at radius 1 is 0.742 bits per heavy atom. The van der Waals surface area contributed by atoms with E-state index in [0.29, 0.717) is 12.4 Å². The van der Waals surface area contributed by atoms with E-state index >= 15 is 0 Å². The minimum atomic E-state index is 0.536. The number of rotatable bonds is 6. The number of anilines is 2. The molecule has 3 aromatic carbocycles. The van der Waals surface area contributed by atoms with Gasteiger partial charge >= 0.3 is 0 Å². The Morgan fingerprint density at radius 3 is 2.35 bits per heavy atom. The summed E-state index contributed by atoms with van der Waals surface area (Å²) in [4.78, 5) is 17.5. The molecule has 150 valence electrons. The lowest BCUT2D eigenvalue weighted by molar-refractivity contribution is 0.306. The summed E-state index contributed by atoms with van der Waals surface area (Å²) in [6.07, 6.45) is 5.02. The molecule has 2 heterocycles. The Balaban J connectivity index is 1.36. The predicted molar refractivity (Wildman–Crippen MR) is 121 cm³/mol. The Morgan fingerprint density at radius 2 is 1.55 bits per heavy atom. The Kier molecular flexibility index (Phi) is 5.18. The topological polar surface area (TPSA) is 72.8 Å². The van der Waals surface area contributed by atoms with E-state index < -0.39 is 0 Å². The van der Waals surface area contributed by atoms with Crippen LogP contribution in [0.1, 0.15) is 5.56 Å². The third-order valence-electron chi connectivity index (χ3n) is 4.82. The fraction of sp³-hybridized carbons (Fsp3) is 0.0400. The van der Waals surface area contributed by atoms with Crippen molar-refractivity contribution in [2.24, 2.45) is 0 Å². The molecular formula is C25H19N5O. The summed E-state index contributed by atoms with van der Waals surface area (Å²) >= 11 is 0. The van der Waals surface area contributed by atoms with Crippen molar-refractivity contribution in [3.05, 3.63) is 103 Å². The van der Waals surface area contributed by atoms with Gasteiger partial charge in [0.25, 0.3) is 0 Å². The largest absolute Gasteiger partial charge is 0.489 e. The fourth-order valence-electron chi connectivity index (χ4n) is 3.26. The smallest absolute Gasteiger partial charge is 0.159 e. The van der Waals surface area contributed by atoms with Crippen molar-refractivity contribution in [2.45, 2.75) is 6.61 Å². The molecular weight excluding hydrogens is 386 g/mol. The van der Waals surface area contributed by atoms with E-state index in [0.717, 1.165) is 39.3 Å². The molecule has 0 aliphatic carbocycles. The average molecular weight is 405 g/mol. The second kappa shape index (κ2) is 8.59. The molecule has 6 nitrogen and oxygen atoms in total. The fourth-order valence-corrected chi connectivity index (χ4v) is 3.26. The standard InChI is InChI=1S/C25H19N5O/c1-2-5-18(6-3-1)16-31-21-10-8-20(9-11-21)30-25-22-15-19(24-26-13-4-14-27-24)7-12-23(22)28-17-29-25/h1-15,17H,16H2,(H,28,29,30). The quantitative estimate of drug-likeness (QED) is 0.407. The number of ether oxygens (including phenoxy) is 1. The Labute approximate surface area is 179 Å². The van der Waals surface area contributed by atoms with Gasteiger partial charge in [-0.15, -0.1) is 0 Å². The lowest BCUT2D eigenvalue weighted by Crippen LogP contribution is -1.98. The molecule has 0 amide bonds. The summed E-state index contributed by atoms with van der Waals surface area (Å²) in [7, 11) is 0. The third-order valence-corrected chi connectivity index (χ3v) is 4.82. The summed E-state index contributed by atoms with van der Waals surface area (Å²) in [6, 6.07) is 25.7. The van der Waals surface area contributed by atoms with Crippen LogP contribution in [0.25, 0.3) is 22.3 Å². The molecule has 1 N–H and O–H groups in total. The lowest BCUT2D eigenvalue weighted by Gasteiger charge is -2.11. The van der Waals surface area contributed by atoms with Gasteiger partial charge in [0.2, 0.25) is 0 Å². The van der Waals surface area contributed by atoms with Gasteiger partial charge in [0.15, 0.2) is 5.82 Å². The van der Waals surface area contributed by atoms with Crippen LogP contribution in [-0.2, 0) is 6.61 Å². The van der Waals surface area contributed by atoms with E-state index in [9.17, 15) is 0 Å². The van der Waals surface area contributed by atoms with Crippen LogP contribution in [0.5, 0.6) is 5.75 Å². The molecule has 0 atom stereocenters. The molecule has 0 bridgehead atoms. The number of aromatic nitrogens is 4. The average Bonchev–Trinajstić information content (AvgIpc) is 2.85. The maximum Gasteiger partial charge on any atom is 0.159 e. The van der Waals surface area contributed by atoms with Crippen LogP contribution < -0.4 is 10.1 Å². The van der Waals surface area contributed by atoms with Crippen LogP contribution in [-0.4, -0.2) is 19.9 Å². The molecule has 31 heavy (non-hydrogen) atoms. The number of hydrogen-bond acceptors (Lipinski definition) is 6. The van der Waals surface area contributed by atoms with E-state index in [-0.39, 0.29) is 0 Å². The van der Waals surface area contributed by atoms with Gasteiger partial charge in [-0.25, -0.2) is 19.9 Å². The molecule has 0 saturated carbocycles. The van der Waals surface area contributed by atoms with E-state index in [1.165, 1.54) is 0 Å². The van der Waals surface area contributed by atoms with Gasteiger partial charge in [-0.3, -0.25) is 0 Å². The summed E-state index contributed by atoms with van der Waals surface area (Å²) in [6.45, 7) is 0.536. The molecule has 5 rings (SSSR count). The van der Waals surface area contributed by atoms with Crippen LogP contribution in [0, 0.1) is 0 Å². The van der Waals surface area contributed by atoms with Gasteiger partial charge < -0.3 is 10.1 Å². The molecule has 0 spiro atoms. The highest BCUT2D eigenvalue weighted by molar-refractivity contribution is 5.93. The van der Waals surface area contributed by atoms with Gasteiger partial charge in [-0.2, -0.15) is 0 Å². The Hall–Kier alpha value is -4.32. The minimum absolute atomic E-state index is 0.536. The van der Waals surface area contributed by atoms with Crippen molar-refractivity contribution in [1.29, 1.82) is 0 Å². The molecule has 0 unspecified atom stereocenters. The highest BCUT2D eigenvalue weighted by Gasteiger charge is 2.08. The number of fused-ring (bicyclic) bond motifs is 1. The molecule has 0 aliphatic heterocycles. The summed E-state index contributed by atoms with van der Waals surface area (Å²) < 4.78 is 5.86. The Bertz CT molecular complexity index is 1290. The monoisotopic (exact) mass is 405 g/mol. The van der Waals surface area contributed by atoms with Crippen LogP contribution in [0.2, 0.25) is 0 Å². The molecule has 0 saturated heterocycles.